The van der Waals surface area contributed by atoms with Crippen LogP contribution >= 0.6 is 0 Å². The van der Waals surface area contributed by atoms with E-state index in [4.69, 9.17) is 9.47 Å². The van der Waals surface area contributed by atoms with E-state index in [1.165, 1.54) is 0 Å². The van der Waals surface area contributed by atoms with Crippen LogP contribution in [0.4, 0.5) is 0 Å². The molecule has 0 amide bonds. The number of ether oxygens (including phenoxy) is 2. The van der Waals surface area contributed by atoms with E-state index in [1.54, 1.807) is 48.5 Å². The quantitative estimate of drug-likeness (QED) is 0.246. The van der Waals surface area contributed by atoms with Gasteiger partial charge in [-0.2, -0.15) is 0 Å². The predicted molar refractivity (Wildman–Crippen MR) is 143 cm³/mol. The Morgan fingerprint density at radius 3 is 1.25 bits per heavy atom. The molecule has 2 rings (SSSR count). The van der Waals surface area contributed by atoms with Gasteiger partial charge in [0.05, 0.1) is 23.0 Å². The van der Waals surface area contributed by atoms with Crippen molar-refractivity contribution in [1.29, 1.82) is 0 Å². The van der Waals surface area contributed by atoms with Gasteiger partial charge in [0.2, 0.25) is 20.0 Å². The Morgan fingerprint density at radius 2 is 0.917 bits per heavy atom. The van der Waals surface area contributed by atoms with Crippen molar-refractivity contribution in [3.05, 3.63) is 48.5 Å². The molecule has 8 nitrogen and oxygen atoms in total. The molecular formula is C26H40N2O6S2. The molecule has 0 bridgehead atoms. The molecule has 0 heterocycles. The average molecular weight is 541 g/mol. The van der Waals surface area contributed by atoms with E-state index in [-0.39, 0.29) is 9.79 Å². The minimum Gasteiger partial charge on any atom is -0.494 e. The van der Waals surface area contributed by atoms with Gasteiger partial charge in [-0.3, -0.25) is 0 Å². The van der Waals surface area contributed by atoms with E-state index < -0.39 is 20.0 Å². The Morgan fingerprint density at radius 1 is 0.556 bits per heavy atom. The topological polar surface area (TPSA) is 111 Å². The van der Waals surface area contributed by atoms with Crippen molar-refractivity contribution < 1.29 is 26.3 Å². The molecule has 0 saturated carbocycles. The molecule has 2 aromatic rings. The zero-order valence-corrected chi connectivity index (χ0v) is 23.0. The molecule has 202 valence electrons. The van der Waals surface area contributed by atoms with Crippen molar-refractivity contribution in [2.45, 2.75) is 75.0 Å². The molecule has 0 atom stereocenters. The Bertz CT molecular complexity index is 997. The zero-order valence-electron chi connectivity index (χ0n) is 21.4. The SMILES string of the molecule is CCCCOc1ccc(S(=O)(=O)NCCCCCCNS(=O)(=O)c2ccc(OCCCC)cc2)cc1. The number of benzene rings is 2. The number of nitrogens with one attached hydrogen (secondary N) is 2. The summed E-state index contributed by atoms with van der Waals surface area (Å²) in [6, 6.07) is 12.8. The first-order valence-electron chi connectivity index (χ1n) is 12.7. The molecule has 0 radical (unpaired) electrons. The van der Waals surface area contributed by atoms with Gasteiger partial charge >= 0.3 is 0 Å². The van der Waals surface area contributed by atoms with Crippen LogP contribution < -0.4 is 18.9 Å². The molecule has 10 heteroatoms. The third-order valence-corrected chi connectivity index (χ3v) is 8.44. The van der Waals surface area contributed by atoms with Crippen molar-refractivity contribution >= 4 is 20.0 Å². The Labute approximate surface area is 216 Å². The lowest BCUT2D eigenvalue weighted by atomic mass is 10.2. The number of hydrogen-bond acceptors (Lipinski definition) is 6. The molecule has 0 aliphatic heterocycles. The van der Waals surface area contributed by atoms with E-state index in [0.29, 0.717) is 50.6 Å². The van der Waals surface area contributed by atoms with E-state index in [1.807, 2.05) is 0 Å². The largest absolute Gasteiger partial charge is 0.494 e. The monoisotopic (exact) mass is 540 g/mol. The van der Waals surface area contributed by atoms with Crippen molar-refractivity contribution in [3.8, 4) is 11.5 Å². The van der Waals surface area contributed by atoms with E-state index >= 15 is 0 Å². The maximum atomic E-state index is 12.4. The smallest absolute Gasteiger partial charge is 0.240 e. The molecule has 0 fully saturated rings. The van der Waals surface area contributed by atoms with Crippen LogP contribution in [0, 0.1) is 0 Å². The minimum atomic E-state index is -3.57. The third-order valence-electron chi connectivity index (χ3n) is 5.49. The molecule has 2 N–H and O–H groups in total. The summed E-state index contributed by atoms with van der Waals surface area (Å²) in [4.78, 5) is 0.417. The Kier molecular flexibility index (Phi) is 13.3. The highest BCUT2D eigenvalue weighted by Gasteiger charge is 2.14. The van der Waals surface area contributed by atoms with Gasteiger partial charge in [0.25, 0.3) is 0 Å². The summed E-state index contributed by atoms with van der Waals surface area (Å²) in [6.07, 6.45) is 6.91. The first kappa shape index (κ1) is 30.1. The van der Waals surface area contributed by atoms with Crippen LogP contribution in [0.3, 0.4) is 0 Å². The second-order valence-corrected chi connectivity index (χ2v) is 12.1. The lowest BCUT2D eigenvalue weighted by molar-refractivity contribution is 0.309. The second kappa shape index (κ2) is 15.9. The van der Waals surface area contributed by atoms with Gasteiger partial charge in [0, 0.05) is 13.1 Å². The average Bonchev–Trinajstić information content (AvgIpc) is 2.86. The van der Waals surface area contributed by atoms with E-state index in [0.717, 1.165) is 38.5 Å². The molecule has 0 aliphatic rings. The number of sulfonamides is 2. The fourth-order valence-corrected chi connectivity index (χ4v) is 5.43. The Hall–Kier alpha value is -2.14. The van der Waals surface area contributed by atoms with Crippen molar-refractivity contribution in [2.24, 2.45) is 0 Å². The van der Waals surface area contributed by atoms with Crippen LogP contribution in [-0.2, 0) is 20.0 Å². The molecule has 36 heavy (non-hydrogen) atoms. The van der Waals surface area contributed by atoms with Crippen LogP contribution in [0.2, 0.25) is 0 Å². The third kappa shape index (κ3) is 10.9. The summed E-state index contributed by atoms with van der Waals surface area (Å²) >= 11 is 0. The van der Waals surface area contributed by atoms with Crippen molar-refractivity contribution in [1.82, 2.24) is 9.44 Å². The summed E-state index contributed by atoms with van der Waals surface area (Å²) in [7, 11) is -7.13. The zero-order chi connectivity index (χ0) is 26.3. The number of hydrogen-bond donors (Lipinski definition) is 2. The fraction of sp³-hybridized carbons (Fsp3) is 0.538. The number of rotatable bonds is 19. The number of unbranched alkanes of at least 4 members (excludes halogenated alkanes) is 5. The predicted octanol–water partition coefficient (Wildman–Crippen LogP) is 4.86. The van der Waals surface area contributed by atoms with Crippen molar-refractivity contribution in [2.75, 3.05) is 26.3 Å². The molecular weight excluding hydrogens is 500 g/mol. The fourth-order valence-electron chi connectivity index (χ4n) is 3.28. The van der Waals surface area contributed by atoms with Crippen LogP contribution in [0.25, 0.3) is 0 Å². The first-order chi connectivity index (χ1) is 17.3. The van der Waals surface area contributed by atoms with Gasteiger partial charge in [0.1, 0.15) is 11.5 Å². The van der Waals surface area contributed by atoms with Crippen LogP contribution in [0.1, 0.15) is 65.2 Å². The highest BCUT2D eigenvalue weighted by atomic mass is 32.2. The van der Waals surface area contributed by atoms with Gasteiger partial charge in [-0.15, -0.1) is 0 Å². The maximum Gasteiger partial charge on any atom is 0.240 e. The van der Waals surface area contributed by atoms with Crippen LogP contribution in [0.15, 0.2) is 58.3 Å². The Balaban J connectivity index is 1.62. The highest BCUT2D eigenvalue weighted by molar-refractivity contribution is 7.89. The first-order valence-corrected chi connectivity index (χ1v) is 15.7. The van der Waals surface area contributed by atoms with Gasteiger partial charge in [0.15, 0.2) is 0 Å². The normalized spacial score (nSPS) is 11.9. The van der Waals surface area contributed by atoms with E-state index in [2.05, 4.69) is 23.3 Å². The van der Waals surface area contributed by atoms with Crippen LogP contribution in [0.5, 0.6) is 11.5 Å². The van der Waals surface area contributed by atoms with Gasteiger partial charge in [-0.05, 0) is 74.2 Å². The highest BCUT2D eigenvalue weighted by Crippen LogP contribution is 2.17. The molecule has 0 aliphatic carbocycles. The molecule has 0 unspecified atom stereocenters. The maximum absolute atomic E-state index is 12.4. The summed E-state index contributed by atoms with van der Waals surface area (Å²) in [5, 5.41) is 0. The molecule has 2 aromatic carbocycles. The second-order valence-electron chi connectivity index (χ2n) is 8.56. The van der Waals surface area contributed by atoms with Gasteiger partial charge < -0.3 is 9.47 Å². The van der Waals surface area contributed by atoms with E-state index in [9.17, 15) is 16.8 Å². The minimum absolute atomic E-state index is 0.209. The standard InChI is InChI=1S/C26H40N2O6S2/c1-3-5-21-33-23-11-15-25(16-12-23)35(29,30)27-19-9-7-8-10-20-28-36(31,32)26-17-13-24(14-18-26)34-22-6-4-2/h11-18,27-28H,3-10,19-22H2,1-2H3. The lowest BCUT2D eigenvalue weighted by Gasteiger charge is -2.09. The summed E-state index contributed by atoms with van der Waals surface area (Å²) in [5.74, 6) is 1.32. The molecule has 0 saturated heterocycles. The van der Waals surface area contributed by atoms with Crippen molar-refractivity contribution in [3.63, 3.8) is 0 Å². The van der Waals surface area contributed by atoms with Gasteiger partial charge in [-0.25, -0.2) is 26.3 Å². The lowest BCUT2D eigenvalue weighted by Crippen LogP contribution is -2.25. The summed E-state index contributed by atoms with van der Waals surface area (Å²) < 4.78 is 66.1. The summed E-state index contributed by atoms with van der Waals surface area (Å²) in [5.41, 5.74) is 0. The summed E-state index contributed by atoms with van der Waals surface area (Å²) in [6.45, 7) is 6.05. The molecule has 0 spiro atoms. The van der Waals surface area contributed by atoms with Gasteiger partial charge in [-0.1, -0.05) is 39.5 Å². The van der Waals surface area contributed by atoms with Crippen LogP contribution in [-0.4, -0.2) is 43.1 Å². The molecule has 0 aromatic heterocycles.